The topological polar surface area (TPSA) is 20.3 Å². The van der Waals surface area contributed by atoms with Crippen LogP contribution in [0.25, 0.3) is 0 Å². The Morgan fingerprint density at radius 1 is 1.53 bits per heavy atom. The molecule has 2 nitrogen and oxygen atoms in total. The van der Waals surface area contributed by atoms with Gasteiger partial charge in [0.15, 0.2) is 11.6 Å². The highest BCUT2D eigenvalue weighted by Gasteiger charge is 2.31. The zero-order valence-corrected chi connectivity index (χ0v) is 11.5. The standard InChI is InChI=1S/C14H16ClF2NO/c1-9(15)14(19)18-7-3-5-11(18)8-10-4-2-6-12(16)13(10)17/h2,4,6,9,11H,3,5,7-8H2,1H3. The average Bonchev–Trinajstić information content (AvgIpc) is 2.82. The number of alkyl halides is 1. The maximum absolute atomic E-state index is 13.6. The van der Waals surface area contributed by atoms with Gasteiger partial charge in [0.2, 0.25) is 5.91 Å². The molecule has 5 heteroatoms. The second-order valence-electron chi connectivity index (χ2n) is 4.86. The molecule has 1 saturated heterocycles. The molecule has 1 aliphatic heterocycles. The largest absolute Gasteiger partial charge is 0.338 e. The van der Waals surface area contributed by atoms with E-state index in [4.69, 9.17) is 11.6 Å². The number of carbonyl (C=O) groups excluding carboxylic acids is 1. The van der Waals surface area contributed by atoms with Crippen molar-refractivity contribution in [3.05, 3.63) is 35.4 Å². The summed E-state index contributed by atoms with van der Waals surface area (Å²) in [5, 5.41) is -0.585. The predicted molar refractivity (Wildman–Crippen MR) is 70.1 cm³/mol. The normalized spacial score (nSPS) is 20.6. The van der Waals surface area contributed by atoms with Crippen molar-refractivity contribution >= 4 is 17.5 Å². The quantitative estimate of drug-likeness (QED) is 0.782. The molecule has 2 atom stereocenters. The molecule has 0 N–H and O–H groups in total. The van der Waals surface area contributed by atoms with Crippen LogP contribution in [-0.2, 0) is 11.2 Å². The summed E-state index contributed by atoms with van der Waals surface area (Å²) in [4.78, 5) is 13.6. The van der Waals surface area contributed by atoms with E-state index in [-0.39, 0.29) is 11.9 Å². The van der Waals surface area contributed by atoms with Crippen molar-refractivity contribution in [3.63, 3.8) is 0 Å². The second kappa shape index (κ2) is 5.87. The van der Waals surface area contributed by atoms with Gasteiger partial charge in [-0.2, -0.15) is 0 Å². The Hall–Kier alpha value is -1.16. The van der Waals surface area contributed by atoms with E-state index in [9.17, 15) is 13.6 Å². The summed E-state index contributed by atoms with van der Waals surface area (Å²) in [5.41, 5.74) is 0.312. The van der Waals surface area contributed by atoms with E-state index in [1.165, 1.54) is 6.07 Å². The van der Waals surface area contributed by atoms with Gasteiger partial charge in [0.1, 0.15) is 5.38 Å². The Bertz CT molecular complexity index is 479. The fourth-order valence-electron chi connectivity index (χ4n) is 2.53. The fourth-order valence-corrected chi connectivity index (χ4v) is 2.65. The summed E-state index contributed by atoms with van der Waals surface area (Å²) in [5.74, 6) is -1.80. The van der Waals surface area contributed by atoms with Crippen LogP contribution in [0.15, 0.2) is 18.2 Å². The van der Waals surface area contributed by atoms with Crippen molar-refractivity contribution in [2.24, 2.45) is 0 Å². The summed E-state index contributed by atoms with van der Waals surface area (Å²) in [6.45, 7) is 2.26. The predicted octanol–water partition coefficient (Wildman–Crippen LogP) is 3.13. The van der Waals surface area contributed by atoms with E-state index >= 15 is 0 Å². The highest BCUT2D eigenvalue weighted by atomic mass is 35.5. The highest BCUT2D eigenvalue weighted by molar-refractivity contribution is 6.30. The van der Waals surface area contributed by atoms with Crippen LogP contribution < -0.4 is 0 Å². The van der Waals surface area contributed by atoms with E-state index in [1.807, 2.05) is 0 Å². The first-order valence-corrected chi connectivity index (χ1v) is 6.81. The first-order valence-electron chi connectivity index (χ1n) is 6.38. The Kier molecular flexibility index (Phi) is 4.40. The number of hydrogen-bond acceptors (Lipinski definition) is 1. The van der Waals surface area contributed by atoms with E-state index in [0.717, 1.165) is 18.9 Å². The number of likely N-dealkylation sites (tertiary alicyclic amines) is 1. The Labute approximate surface area is 116 Å². The smallest absolute Gasteiger partial charge is 0.240 e. The number of amides is 1. The molecular formula is C14H16ClF2NO. The minimum Gasteiger partial charge on any atom is -0.338 e. The van der Waals surface area contributed by atoms with Crippen molar-refractivity contribution in [2.75, 3.05) is 6.54 Å². The van der Waals surface area contributed by atoms with Crippen molar-refractivity contribution in [3.8, 4) is 0 Å². The number of nitrogens with zero attached hydrogens (tertiary/aromatic N) is 1. The molecular weight excluding hydrogens is 272 g/mol. The van der Waals surface area contributed by atoms with Gasteiger partial charge in [0.05, 0.1) is 0 Å². The summed E-state index contributed by atoms with van der Waals surface area (Å²) in [7, 11) is 0. The summed E-state index contributed by atoms with van der Waals surface area (Å²) in [6.07, 6.45) is 2.00. The van der Waals surface area contributed by atoms with Gasteiger partial charge in [-0.3, -0.25) is 4.79 Å². The number of rotatable bonds is 3. The second-order valence-corrected chi connectivity index (χ2v) is 5.52. The van der Waals surface area contributed by atoms with Gasteiger partial charge < -0.3 is 4.90 Å². The summed E-state index contributed by atoms with van der Waals surface area (Å²) < 4.78 is 26.8. The Morgan fingerprint density at radius 3 is 2.95 bits per heavy atom. The minimum atomic E-state index is -0.848. The van der Waals surface area contributed by atoms with Crippen LogP contribution in [0.1, 0.15) is 25.3 Å². The Balaban J connectivity index is 2.14. The van der Waals surface area contributed by atoms with E-state index in [0.29, 0.717) is 18.5 Å². The molecule has 1 fully saturated rings. The third kappa shape index (κ3) is 3.06. The lowest BCUT2D eigenvalue weighted by molar-refractivity contribution is -0.131. The van der Waals surface area contributed by atoms with Crippen LogP contribution in [0, 0.1) is 11.6 Å². The monoisotopic (exact) mass is 287 g/mol. The van der Waals surface area contributed by atoms with Gasteiger partial charge in [-0.1, -0.05) is 12.1 Å². The lowest BCUT2D eigenvalue weighted by atomic mass is 10.0. The zero-order valence-electron chi connectivity index (χ0n) is 10.7. The molecule has 0 radical (unpaired) electrons. The number of halogens is 3. The maximum Gasteiger partial charge on any atom is 0.240 e. The molecule has 1 aliphatic rings. The third-order valence-corrected chi connectivity index (χ3v) is 3.67. The summed E-state index contributed by atoms with van der Waals surface area (Å²) >= 11 is 5.81. The van der Waals surface area contributed by atoms with Crippen LogP contribution in [0.5, 0.6) is 0 Å². The highest BCUT2D eigenvalue weighted by Crippen LogP contribution is 2.24. The van der Waals surface area contributed by atoms with Gasteiger partial charge in [0.25, 0.3) is 0 Å². The summed E-state index contributed by atoms with van der Waals surface area (Å²) in [6, 6.07) is 4.05. The SMILES string of the molecule is CC(Cl)C(=O)N1CCCC1Cc1cccc(F)c1F. The van der Waals surface area contributed by atoms with Crippen molar-refractivity contribution in [2.45, 2.75) is 37.6 Å². The molecule has 0 aromatic heterocycles. The van der Waals surface area contributed by atoms with E-state index in [2.05, 4.69) is 0 Å². The molecule has 1 heterocycles. The van der Waals surface area contributed by atoms with E-state index in [1.54, 1.807) is 17.9 Å². The van der Waals surface area contributed by atoms with Crippen molar-refractivity contribution in [1.29, 1.82) is 0 Å². The lowest BCUT2D eigenvalue weighted by Gasteiger charge is -2.26. The molecule has 19 heavy (non-hydrogen) atoms. The molecule has 2 rings (SSSR count). The number of carbonyl (C=O) groups is 1. The van der Waals surface area contributed by atoms with Gasteiger partial charge in [-0.15, -0.1) is 11.6 Å². The third-order valence-electron chi connectivity index (χ3n) is 3.49. The molecule has 0 saturated carbocycles. The van der Waals surface area contributed by atoms with Crippen LogP contribution in [0.4, 0.5) is 8.78 Å². The van der Waals surface area contributed by atoms with Gasteiger partial charge in [-0.25, -0.2) is 8.78 Å². The molecule has 1 amide bonds. The Morgan fingerprint density at radius 2 is 2.26 bits per heavy atom. The molecule has 0 spiro atoms. The van der Waals surface area contributed by atoms with Crippen LogP contribution in [0.2, 0.25) is 0 Å². The fraction of sp³-hybridized carbons (Fsp3) is 0.500. The average molecular weight is 288 g/mol. The minimum absolute atomic E-state index is 0.0926. The van der Waals surface area contributed by atoms with Crippen molar-refractivity contribution in [1.82, 2.24) is 4.90 Å². The molecule has 104 valence electrons. The first-order chi connectivity index (χ1) is 9.00. The van der Waals surface area contributed by atoms with Gasteiger partial charge in [-0.05, 0) is 37.8 Å². The zero-order chi connectivity index (χ0) is 14.0. The van der Waals surface area contributed by atoms with Gasteiger partial charge in [0, 0.05) is 12.6 Å². The first kappa shape index (κ1) is 14.3. The molecule has 0 aliphatic carbocycles. The molecule has 1 aromatic rings. The van der Waals surface area contributed by atoms with Crippen LogP contribution >= 0.6 is 11.6 Å². The van der Waals surface area contributed by atoms with E-state index < -0.39 is 17.0 Å². The number of hydrogen-bond donors (Lipinski definition) is 0. The van der Waals surface area contributed by atoms with Crippen LogP contribution in [-0.4, -0.2) is 28.8 Å². The van der Waals surface area contributed by atoms with Crippen molar-refractivity contribution < 1.29 is 13.6 Å². The molecule has 0 bridgehead atoms. The van der Waals surface area contributed by atoms with Crippen LogP contribution in [0.3, 0.4) is 0 Å². The lowest BCUT2D eigenvalue weighted by Crippen LogP contribution is -2.40. The maximum atomic E-state index is 13.6. The molecule has 1 aromatic carbocycles. The molecule has 2 unspecified atom stereocenters. The number of benzene rings is 1. The van der Waals surface area contributed by atoms with Gasteiger partial charge >= 0.3 is 0 Å².